The SMILES string of the molecule is CC(C)(C)c1ccc2c(c1)Cc1c-2ccc(C(C)(C)C)[c]1[Zr](=[SiH2])([C]1=CC=CC1)([CH]1CCCCC1)[CH]1CCCCC1.Cl.Cl. The van der Waals surface area contributed by atoms with E-state index in [1.807, 2.05) is 6.55 Å². The Morgan fingerprint density at radius 2 is 1.29 bits per heavy atom. The van der Waals surface area contributed by atoms with Crippen molar-refractivity contribution in [1.82, 2.24) is 0 Å². The molecule has 0 amide bonds. The van der Waals surface area contributed by atoms with Gasteiger partial charge < -0.3 is 0 Å². The molecule has 0 saturated heterocycles. The van der Waals surface area contributed by atoms with Gasteiger partial charge in [-0.25, -0.2) is 0 Å². The van der Waals surface area contributed by atoms with Crippen LogP contribution in [0.3, 0.4) is 0 Å². The topological polar surface area (TPSA) is 0 Å². The monoisotopic (exact) mass is 700 g/mol. The fourth-order valence-corrected chi connectivity index (χ4v) is 41.8. The smallest absolute Gasteiger partial charge is 0.147 e. The van der Waals surface area contributed by atoms with Gasteiger partial charge in [-0.15, -0.1) is 24.8 Å². The van der Waals surface area contributed by atoms with Gasteiger partial charge in [-0.2, -0.15) is 0 Å². The van der Waals surface area contributed by atoms with E-state index < -0.39 is 17.4 Å². The second-order valence-electron chi connectivity index (χ2n) is 16.2. The number of halogens is 2. The Balaban J connectivity index is 0.00000202. The second kappa shape index (κ2) is 12.4. The van der Waals surface area contributed by atoms with E-state index in [-0.39, 0.29) is 35.6 Å². The van der Waals surface area contributed by atoms with Gasteiger partial charge >= 0.3 is 249 Å². The average molecular weight is 703 g/mol. The molecule has 0 aliphatic heterocycles. The van der Waals surface area contributed by atoms with Crippen molar-refractivity contribution in [2.75, 3.05) is 0 Å². The summed E-state index contributed by atoms with van der Waals surface area (Å²) in [6.07, 6.45) is 24.7. The van der Waals surface area contributed by atoms with E-state index in [4.69, 9.17) is 0 Å². The summed E-state index contributed by atoms with van der Waals surface area (Å²) in [6.45, 7) is 17.4. The molecule has 0 nitrogen and oxygen atoms in total. The first kappa shape index (κ1) is 34.5. The molecule has 2 saturated carbocycles. The van der Waals surface area contributed by atoms with Crippen LogP contribution in [0.15, 0.2) is 51.8 Å². The normalized spacial score (nSPS) is 19.9. The molecule has 0 spiro atoms. The van der Waals surface area contributed by atoms with E-state index in [1.54, 1.807) is 22.3 Å². The maximum absolute atomic E-state index is 3.89. The van der Waals surface area contributed by atoms with Crippen LogP contribution in [0.2, 0.25) is 7.25 Å². The Bertz CT molecular complexity index is 1410. The Labute approximate surface area is 272 Å². The van der Waals surface area contributed by atoms with Crippen LogP contribution in [0.4, 0.5) is 0 Å². The van der Waals surface area contributed by atoms with Crippen LogP contribution in [0.25, 0.3) is 11.1 Å². The summed E-state index contributed by atoms with van der Waals surface area (Å²) in [6, 6.07) is 12.7. The van der Waals surface area contributed by atoms with Gasteiger partial charge in [-0.05, 0) is 0 Å². The molecule has 0 unspecified atom stereocenters. The Morgan fingerprint density at radius 3 is 1.79 bits per heavy atom. The number of rotatable bonds is 4. The molecular weight excluding hydrogens is 647 g/mol. The van der Waals surface area contributed by atoms with Gasteiger partial charge in [0.1, 0.15) is 0 Å². The van der Waals surface area contributed by atoms with Gasteiger partial charge in [-0.3, -0.25) is 0 Å². The van der Waals surface area contributed by atoms with E-state index in [0.717, 1.165) is 13.7 Å². The minimum atomic E-state index is -3.89. The molecule has 0 N–H and O–H groups in total. The first-order valence-corrected chi connectivity index (χ1v) is 27.9. The molecule has 0 heterocycles. The fourth-order valence-electron chi connectivity index (χ4n) is 9.88. The van der Waals surface area contributed by atoms with E-state index in [2.05, 4.69) is 97.0 Å². The Kier molecular flexibility index (Phi) is 10.2. The zero-order chi connectivity index (χ0) is 28.4. The molecule has 0 atom stereocenters. The Morgan fingerprint density at radius 1 is 0.714 bits per heavy atom. The number of hydrogen-bond donors (Lipinski definition) is 0. The number of fused-ring (bicyclic) bond motifs is 3. The van der Waals surface area contributed by atoms with Gasteiger partial charge in [-0.1, -0.05) is 0 Å². The van der Waals surface area contributed by atoms with Crippen molar-refractivity contribution in [2.24, 2.45) is 0 Å². The third-order valence-corrected chi connectivity index (χ3v) is 44.5. The summed E-state index contributed by atoms with van der Waals surface area (Å²) >= 11 is -3.89. The molecule has 4 aliphatic carbocycles. The minimum absolute atomic E-state index is 0. The van der Waals surface area contributed by atoms with Crippen molar-refractivity contribution in [1.29, 1.82) is 0 Å². The Hall–Kier alpha value is -0.400. The molecule has 42 heavy (non-hydrogen) atoms. The zero-order valence-corrected chi connectivity index (χ0v) is 32.8. The van der Waals surface area contributed by atoms with E-state index in [9.17, 15) is 0 Å². The zero-order valence-electron chi connectivity index (χ0n) is 27.3. The van der Waals surface area contributed by atoms with Crippen LogP contribution in [0, 0.1) is 0 Å². The molecule has 0 bridgehead atoms. The molecule has 2 fully saturated rings. The molecule has 4 heteroatoms. The molecule has 0 aromatic heterocycles. The summed E-state index contributed by atoms with van der Waals surface area (Å²) in [5.74, 6) is 0. The maximum atomic E-state index is 2.72. The molecule has 2 aromatic carbocycles. The molecule has 2 aromatic rings. The molecular formula is C38H56Cl2SiZr. The summed E-state index contributed by atoms with van der Waals surface area (Å²) in [7, 11) is 0. The molecule has 4 aliphatic rings. The quantitative estimate of drug-likeness (QED) is 0.238. The van der Waals surface area contributed by atoms with Crippen LogP contribution in [0.5, 0.6) is 0 Å². The third-order valence-electron chi connectivity index (χ3n) is 11.9. The third kappa shape index (κ3) is 5.39. The summed E-state index contributed by atoms with van der Waals surface area (Å²) in [5.41, 5.74) is 10.0. The van der Waals surface area contributed by atoms with Gasteiger partial charge in [0.05, 0.1) is 0 Å². The summed E-state index contributed by atoms with van der Waals surface area (Å²) in [4.78, 5) is 0. The second-order valence-corrected chi connectivity index (χ2v) is 40.0. The van der Waals surface area contributed by atoms with Crippen molar-refractivity contribution in [3.05, 3.63) is 74.1 Å². The predicted molar refractivity (Wildman–Crippen MR) is 190 cm³/mol. The van der Waals surface area contributed by atoms with E-state index in [1.165, 1.54) is 81.8 Å². The van der Waals surface area contributed by atoms with E-state index in [0.29, 0.717) is 0 Å². The van der Waals surface area contributed by atoms with Crippen LogP contribution in [-0.2, 0) is 34.6 Å². The van der Waals surface area contributed by atoms with E-state index >= 15 is 0 Å². The van der Waals surface area contributed by atoms with Crippen molar-refractivity contribution >= 4 is 35.0 Å². The van der Waals surface area contributed by atoms with Gasteiger partial charge in [0.2, 0.25) is 0 Å². The number of hydrogen-bond acceptors (Lipinski definition) is 0. The van der Waals surface area contributed by atoms with Gasteiger partial charge in [0, 0.05) is 0 Å². The first-order chi connectivity index (χ1) is 18.9. The molecule has 230 valence electrons. The van der Waals surface area contributed by atoms with Crippen LogP contribution in [-0.4, -0.2) is 6.88 Å². The van der Waals surface area contributed by atoms with Crippen molar-refractivity contribution in [2.45, 2.75) is 137 Å². The predicted octanol–water partition coefficient (Wildman–Crippen LogP) is 10.9. The van der Waals surface area contributed by atoms with Crippen LogP contribution in [0.1, 0.15) is 134 Å². The summed E-state index contributed by atoms with van der Waals surface area (Å²) in [5, 5.41) is 0. The number of allylic oxidation sites excluding steroid dienone is 4. The van der Waals surface area contributed by atoms with Crippen LogP contribution < -0.4 is 3.27 Å². The maximum Gasteiger partial charge on any atom is -0.147 e. The number of benzene rings is 2. The summed E-state index contributed by atoms with van der Waals surface area (Å²) < 4.78 is 5.82. The standard InChI is InChI=1S/C21H25.2C6H11.C5H5.2ClH.H2Si.Zr/c1-20(2,3)16-7-9-18-14(12-16)11-15-13-17(21(4,5)6)8-10-19(15)18;2*1-2-4-6-5-3-1;1-2-4-5-3-1;;;;/h7-10,12H,11H2,1-6H3;2*1H,2-6H2;1-3H,4H2;2*1H;1H2;. The molecule has 6 rings (SSSR count). The molecule has 0 radical (unpaired) electrons. The van der Waals surface area contributed by atoms with Crippen molar-refractivity contribution in [3.8, 4) is 11.1 Å². The largest absolute Gasteiger partial charge is 0.147 e. The van der Waals surface area contributed by atoms with Crippen molar-refractivity contribution < 1.29 is 17.4 Å². The first-order valence-electron chi connectivity index (χ1n) is 16.6. The minimum Gasteiger partial charge on any atom is -0.147 e. The van der Waals surface area contributed by atoms with Gasteiger partial charge in [0.25, 0.3) is 0 Å². The fraction of sp³-hybridized carbons (Fsp3) is 0.579. The van der Waals surface area contributed by atoms with Crippen molar-refractivity contribution in [3.63, 3.8) is 0 Å². The van der Waals surface area contributed by atoms with Gasteiger partial charge in [0.15, 0.2) is 0 Å². The average Bonchev–Trinajstić information content (AvgIpc) is 3.61. The van der Waals surface area contributed by atoms with Crippen LogP contribution >= 0.6 is 24.8 Å².